The van der Waals surface area contributed by atoms with Crippen molar-refractivity contribution in [2.24, 2.45) is 5.84 Å². The first-order valence-electron chi connectivity index (χ1n) is 6.56. The third kappa shape index (κ3) is 6.01. The number of anilines is 1. The van der Waals surface area contributed by atoms with Crippen molar-refractivity contribution < 1.29 is 18.3 Å². The molecule has 6 nitrogen and oxygen atoms in total. The molecule has 0 saturated heterocycles. The number of alkyl halides is 2. The number of ether oxygens (including phenoxy) is 1. The van der Waals surface area contributed by atoms with Gasteiger partial charge in [0.1, 0.15) is 12.4 Å². The van der Waals surface area contributed by atoms with Crippen LogP contribution < -0.4 is 16.6 Å². The summed E-state index contributed by atoms with van der Waals surface area (Å²) in [4.78, 5) is 16.2. The highest BCUT2D eigenvalue weighted by Gasteiger charge is 2.11. The average Bonchev–Trinajstić information content (AvgIpc) is 2.45. The summed E-state index contributed by atoms with van der Waals surface area (Å²) in [6, 6.07) is 3.18. The molecular formula is C13H20F2N4O2. The fraction of sp³-hybridized carbons (Fsp3) is 0.538. The van der Waals surface area contributed by atoms with Gasteiger partial charge < -0.3 is 15.5 Å². The van der Waals surface area contributed by atoms with Gasteiger partial charge in [-0.25, -0.2) is 19.6 Å². The molecule has 0 aliphatic carbocycles. The number of carbonyl (C=O) groups is 1. The van der Waals surface area contributed by atoms with Crippen molar-refractivity contribution in [2.75, 3.05) is 25.2 Å². The molecule has 0 aliphatic heterocycles. The third-order valence-electron chi connectivity index (χ3n) is 2.62. The van der Waals surface area contributed by atoms with Crippen molar-refractivity contribution in [3.63, 3.8) is 0 Å². The second-order valence-corrected chi connectivity index (χ2v) is 4.69. The van der Waals surface area contributed by atoms with E-state index in [1.54, 1.807) is 6.07 Å². The molecule has 1 aromatic heterocycles. The Labute approximate surface area is 122 Å². The smallest absolute Gasteiger partial charge is 0.261 e. The third-order valence-corrected chi connectivity index (χ3v) is 2.62. The van der Waals surface area contributed by atoms with E-state index in [0.717, 1.165) is 5.69 Å². The van der Waals surface area contributed by atoms with Gasteiger partial charge in [0.05, 0.1) is 6.61 Å². The number of nitrogen functional groups attached to an aromatic ring is 1. The van der Waals surface area contributed by atoms with Gasteiger partial charge in [-0.15, -0.1) is 0 Å². The maximum atomic E-state index is 12.0. The number of carbonyl (C=O) groups excluding carboxylic acids is 1. The summed E-state index contributed by atoms with van der Waals surface area (Å²) >= 11 is 0. The average molecular weight is 302 g/mol. The number of hydrazine groups is 1. The van der Waals surface area contributed by atoms with Crippen LogP contribution in [0.25, 0.3) is 0 Å². The summed E-state index contributed by atoms with van der Waals surface area (Å²) in [6.45, 7) is 3.44. The number of nitrogens with one attached hydrogen (secondary N) is 2. The molecule has 4 N–H and O–H groups in total. The second kappa shape index (κ2) is 8.48. The van der Waals surface area contributed by atoms with E-state index in [0.29, 0.717) is 11.4 Å². The molecule has 0 fully saturated rings. The van der Waals surface area contributed by atoms with Crippen LogP contribution in [0.4, 0.5) is 14.6 Å². The Hall–Kier alpha value is -1.80. The molecule has 0 bridgehead atoms. The van der Waals surface area contributed by atoms with E-state index < -0.39 is 13.0 Å². The number of nitrogens with two attached hydrogens (primary N) is 1. The van der Waals surface area contributed by atoms with Crippen LogP contribution in [-0.4, -0.2) is 37.1 Å². The molecule has 0 atom stereocenters. The van der Waals surface area contributed by atoms with E-state index in [-0.39, 0.29) is 25.0 Å². The van der Waals surface area contributed by atoms with Crippen LogP contribution in [0.2, 0.25) is 0 Å². The Morgan fingerprint density at radius 2 is 2.14 bits per heavy atom. The summed E-state index contributed by atoms with van der Waals surface area (Å²) in [5, 5.41) is 2.58. The fourth-order valence-electron chi connectivity index (χ4n) is 1.56. The molecular weight excluding hydrogens is 282 g/mol. The topological polar surface area (TPSA) is 89.3 Å². The van der Waals surface area contributed by atoms with Gasteiger partial charge in [0.15, 0.2) is 0 Å². The number of hydrogen-bond acceptors (Lipinski definition) is 5. The first kappa shape index (κ1) is 17.3. The van der Waals surface area contributed by atoms with Crippen molar-refractivity contribution in [1.29, 1.82) is 0 Å². The lowest BCUT2D eigenvalue weighted by Gasteiger charge is -2.11. The molecule has 1 aromatic rings. The van der Waals surface area contributed by atoms with Crippen molar-refractivity contribution in [1.82, 2.24) is 10.3 Å². The lowest BCUT2D eigenvalue weighted by atomic mass is 10.1. The molecule has 0 saturated carbocycles. The van der Waals surface area contributed by atoms with Gasteiger partial charge >= 0.3 is 0 Å². The minimum atomic E-state index is -2.51. The van der Waals surface area contributed by atoms with E-state index in [2.05, 4.69) is 20.5 Å². The van der Waals surface area contributed by atoms with Gasteiger partial charge in [-0.3, -0.25) is 4.79 Å². The Morgan fingerprint density at radius 1 is 1.43 bits per heavy atom. The maximum Gasteiger partial charge on any atom is 0.261 e. The largest absolute Gasteiger partial charge is 0.374 e. The van der Waals surface area contributed by atoms with Crippen molar-refractivity contribution in [2.45, 2.75) is 26.2 Å². The molecule has 0 spiro atoms. The minimum absolute atomic E-state index is 0.0280. The fourth-order valence-corrected chi connectivity index (χ4v) is 1.56. The zero-order valence-corrected chi connectivity index (χ0v) is 12.0. The van der Waals surface area contributed by atoms with Crippen molar-refractivity contribution in [3.05, 3.63) is 23.4 Å². The maximum absolute atomic E-state index is 12.0. The summed E-state index contributed by atoms with van der Waals surface area (Å²) in [7, 11) is 0. The Kier molecular flexibility index (Phi) is 6.97. The van der Waals surface area contributed by atoms with Crippen LogP contribution in [0.3, 0.4) is 0 Å². The highest BCUT2D eigenvalue weighted by Crippen LogP contribution is 2.17. The van der Waals surface area contributed by atoms with E-state index in [4.69, 9.17) is 5.84 Å². The Morgan fingerprint density at radius 3 is 2.71 bits per heavy atom. The molecule has 0 unspecified atom stereocenters. The predicted octanol–water partition coefficient (Wildman–Crippen LogP) is 1.50. The Balaban J connectivity index is 2.59. The van der Waals surface area contributed by atoms with Gasteiger partial charge in [0.25, 0.3) is 12.3 Å². The van der Waals surface area contributed by atoms with E-state index in [1.807, 2.05) is 13.8 Å². The predicted molar refractivity (Wildman–Crippen MR) is 75.3 cm³/mol. The van der Waals surface area contributed by atoms with Gasteiger partial charge in [-0.05, 0) is 18.1 Å². The summed E-state index contributed by atoms with van der Waals surface area (Å²) in [5.41, 5.74) is 3.53. The SMILES string of the molecule is CC(C)c1cc(C(=O)NCCOCC(F)F)cc(NN)n1. The van der Waals surface area contributed by atoms with Gasteiger partial charge in [-0.2, -0.15) is 0 Å². The zero-order chi connectivity index (χ0) is 15.8. The number of halogens is 2. The first-order valence-corrected chi connectivity index (χ1v) is 6.56. The number of nitrogens with zero attached hydrogens (tertiary/aromatic N) is 1. The van der Waals surface area contributed by atoms with Crippen LogP contribution in [-0.2, 0) is 4.74 Å². The number of hydrogen-bond donors (Lipinski definition) is 3. The molecule has 0 aliphatic rings. The van der Waals surface area contributed by atoms with Gasteiger partial charge in [-0.1, -0.05) is 13.8 Å². The molecule has 1 amide bonds. The van der Waals surface area contributed by atoms with Gasteiger partial charge in [0, 0.05) is 17.8 Å². The highest BCUT2D eigenvalue weighted by atomic mass is 19.3. The standard InChI is InChI=1S/C13H20F2N4O2/c1-8(2)10-5-9(6-12(18-10)19-16)13(20)17-3-4-21-7-11(14)15/h5-6,8,11H,3-4,7,16H2,1-2H3,(H,17,20)(H,18,19). The highest BCUT2D eigenvalue weighted by molar-refractivity contribution is 5.95. The van der Waals surface area contributed by atoms with Crippen LogP contribution in [0.1, 0.15) is 35.8 Å². The molecule has 0 radical (unpaired) electrons. The Bertz CT molecular complexity index is 469. The molecule has 21 heavy (non-hydrogen) atoms. The van der Waals surface area contributed by atoms with E-state index in [9.17, 15) is 13.6 Å². The molecule has 8 heteroatoms. The quantitative estimate of drug-likeness (QED) is 0.385. The molecule has 1 rings (SSSR count). The lowest BCUT2D eigenvalue weighted by molar-refractivity contribution is 0.0188. The number of rotatable bonds is 8. The summed E-state index contributed by atoms with van der Waals surface area (Å²) in [6.07, 6.45) is -2.51. The monoisotopic (exact) mass is 302 g/mol. The van der Waals surface area contributed by atoms with Crippen molar-refractivity contribution >= 4 is 11.7 Å². The first-order chi connectivity index (χ1) is 9.93. The summed E-state index contributed by atoms with van der Waals surface area (Å²) in [5.74, 6) is 5.51. The molecule has 1 heterocycles. The number of aromatic nitrogens is 1. The van der Waals surface area contributed by atoms with Crippen LogP contribution >= 0.6 is 0 Å². The van der Waals surface area contributed by atoms with Crippen LogP contribution in [0, 0.1) is 0 Å². The van der Waals surface area contributed by atoms with Gasteiger partial charge in [0.2, 0.25) is 0 Å². The second-order valence-electron chi connectivity index (χ2n) is 4.69. The number of amides is 1. The molecule has 0 aromatic carbocycles. The van der Waals surface area contributed by atoms with Crippen LogP contribution in [0.15, 0.2) is 12.1 Å². The lowest BCUT2D eigenvalue weighted by Crippen LogP contribution is -2.28. The molecule has 118 valence electrons. The van der Waals surface area contributed by atoms with Crippen LogP contribution in [0.5, 0.6) is 0 Å². The summed E-state index contributed by atoms with van der Waals surface area (Å²) < 4.78 is 28.4. The number of pyridine rings is 1. The zero-order valence-electron chi connectivity index (χ0n) is 12.0. The minimum Gasteiger partial charge on any atom is -0.374 e. The van der Waals surface area contributed by atoms with Crippen molar-refractivity contribution in [3.8, 4) is 0 Å². The van der Waals surface area contributed by atoms with E-state index in [1.165, 1.54) is 6.07 Å². The normalized spacial score (nSPS) is 11.0. The van der Waals surface area contributed by atoms with E-state index >= 15 is 0 Å².